The molecule has 0 aliphatic carbocycles. The van der Waals surface area contributed by atoms with Crippen LogP contribution in [0.3, 0.4) is 0 Å². The summed E-state index contributed by atoms with van der Waals surface area (Å²) in [6.45, 7) is 4.90. The molecule has 1 saturated heterocycles. The zero-order valence-electron chi connectivity index (χ0n) is 10.0. The fourth-order valence-corrected chi connectivity index (χ4v) is 1.49. The fraction of sp³-hybridized carbons (Fsp3) is 0.385. The van der Waals surface area contributed by atoms with Gasteiger partial charge in [0.2, 0.25) is 0 Å². The Bertz CT molecular complexity index is 271. The second kappa shape index (κ2) is 9.63. The predicted molar refractivity (Wildman–Crippen MR) is 64.4 cm³/mol. The number of amides is 1. The van der Waals surface area contributed by atoms with E-state index in [1.54, 1.807) is 4.90 Å². The van der Waals surface area contributed by atoms with E-state index < -0.39 is 0 Å². The SMILES string of the molecule is [CH2-]C(=O)N1CCC(N)CC1.[Y].[c-]1ccccc1. The van der Waals surface area contributed by atoms with Crippen molar-refractivity contribution in [1.29, 1.82) is 0 Å². The number of rotatable bonds is 0. The molecule has 0 spiro atoms. The van der Waals surface area contributed by atoms with Gasteiger partial charge in [0.25, 0.3) is 0 Å². The van der Waals surface area contributed by atoms with E-state index in [1.165, 1.54) is 0 Å². The molecule has 1 aromatic carbocycles. The van der Waals surface area contributed by atoms with Gasteiger partial charge >= 0.3 is 0 Å². The molecule has 3 nitrogen and oxygen atoms in total. The van der Waals surface area contributed by atoms with Crippen molar-refractivity contribution in [2.45, 2.75) is 18.9 Å². The molecule has 1 aromatic rings. The topological polar surface area (TPSA) is 46.3 Å². The van der Waals surface area contributed by atoms with Crippen LogP contribution in [0.5, 0.6) is 0 Å². The zero-order valence-corrected chi connectivity index (χ0v) is 12.8. The Labute approximate surface area is 129 Å². The van der Waals surface area contributed by atoms with E-state index in [2.05, 4.69) is 13.0 Å². The van der Waals surface area contributed by atoms with Gasteiger partial charge in [-0.05, 0) is 12.8 Å². The molecule has 0 unspecified atom stereocenters. The summed E-state index contributed by atoms with van der Waals surface area (Å²) in [6, 6.07) is 12.8. The molecule has 17 heavy (non-hydrogen) atoms. The third-order valence-corrected chi connectivity index (χ3v) is 2.50. The number of hydrogen-bond acceptors (Lipinski definition) is 2. The minimum absolute atomic E-state index is 0. The number of hydrogen-bond donors (Lipinski definition) is 1. The van der Waals surface area contributed by atoms with Gasteiger partial charge in [0.1, 0.15) is 0 Å². The van der Waals surface area contributed by atoms with E-state index in [0.29, 0.717) is 0 Å². The average Bonchev–Trinajstić information content (AvgIpc) is 2.32. The molecule has 4 heteroatoms. The summed E-state index contributed by atoms with van der Waals surface area (Å²) in [5.74, 6) is -0.0769. The third kappa shape index (κ3) is 7.53. The first-order valence-electron chi connectivity index (χ1n) is 5.47. The third-order valence-electron chi connectivity index (χ3n) is 2.50. The Morgan fingerprint density at radius 1 is 1.24 bits per heavy atom. The first-order valence-corrected chi connectivity index (χ1v) is 5.47. The Morgan fingerprint density at radius 2 is 1.76 bits per heavy atom. The number of nitrogens with two attached hydrogens (primary N) is 1. The van der Waals surface area contributed by atoms with Gasteiger partial charge in [-0.25, -0.2) is 0 Å². The average molecular weight is 307 g/mol. The molecule has 1 radical (unpaired) electrons. The van der Waals surface area contributed by atoms with Crippen LogP contribution in [-0.2, 0) is 37.5 Å². The minimum atomic E-state index is -0.0769. The first kappa shape index (κ1) is 16.6. The van der Waals surface area contributed by atoms with E-state index in [4.69, 9.17) is 5.73 Å². The Morgan fingerprint density at radius 3 is 2.06 bits per heavy atom. The quantitative estimate of drug-likeness (QED) is 0.733. The van der Waals surface area contributed by atoms with E-state index in [1.807, 2.05) is 30.3 Å². The van der Waals surface area contributed by atoms with Gasteiger partial charge in [-0.15, -0.1) is 0 Å². The molecular formula is C13H18N2OY-2. The van der Waals surface area contributed by atoms with Crippen LogP contribution in [0.1, 0.15) is 12.8 Å². The van der Waals surface area contributed by atoms with Gasteiger partial charge in [-0.1, -0.05) is 0 Å². The normalized spacial score (nSPS) is 15.2. The van der Waals surface area contributed by atoms with Crippen LogP contribution < -0.4 is 5.73 Å². The van der Waals surface area contributed by atoms with Crippen molar-refractivity contribution in [2.75, 3.05) is 13.1 Å². The van der Waals surface area contributed by atoms with E-state index in [0.717, 1.165) is 25.9 Å². The van der Waals surface area contributed by atoms with E-state index in [9.17, 15) is 4.79 Å². The number of carbonyl (C=O) groups excluding carboxylic acids is 1. The van der Waals surface area contributed by atoms with Crippen LogP contribution in [0.4, 0.5) is 0 Å². The Hall–Kier alpha value is -0.376. The van der Waals surface area contributed by atoms with E-state index in [-0.39, 0.29) is 44.7 Å². The monoisotopic (exact) mass is 307 g/mol. The van der Waals surface area contributed by atoms with Crippen molar-refractivity contribution in [3.05, 3.63) is 43.3 Å². The summed E-state index contributed by atoms with van der Waals surface area (Å²) in [4.78, 5) is 12.4. The van der Waals surface area contributed by atoms with Gasteiger partial charge < -0.3 is 22.4 Å². The standard InChI is InChI=1S/C7H13N2O.C6H5.Y/c1-6(10)9-4-2-7(8)3-5-9;1-2-4-6-5-3-1;/h7H,1-5,8H2;1-5H;/q2*-1;. The Balaban J connectivity index is 0.000000316. The Kier molecular flexibility index (Phi) is 9.42. The largest absolute Gasteiger partial charge is 0.367 e. The number of piperidine rings is 1. The number of nitrogens with zero attached hydrogens (tertiary/aromatic N) is 1. The smallest absolute Gasteiger partial charge is 0.0823 e. The van der Waals surface area contributed by atoms with Gasteiger partial charge in [0.15, 0.2) is 0 Å². The second-order valence-electron chi connectivity index (χ2n) is 3.80. The molecule has 0 aromatic heterocycles. The molecule has 0 bridgehead atoms. The number of carbonyl (C=O) groups is 1. The summed E-state index contributed by atoms with van der Waals surface area (Å²) < 4.78 is 0. The van der Waals surface area contributed by atoms with Gasteiger partial charge in [0.05, 0.1) is 5.91 Å². The summed E-state index contributed by atoms with van der Waals surface area (Å²) in [5.41, 5.74) is 5.64. The van der Waals surface area contributed by atoms with Crippen LogP contribution >= 0.6 is 0 Å². The van der Waals surface area contributed by atoms with Crippen LogP contribution in [0.25, 0.3) is 0 Å². The molecule has 1 amide bonds. The molecule has 0 saturated carbocycles. The van der Waals surface area contributed by atoms with Crippen molar-refractivity contribution in [3.63, 3.8) is 0 Å². The van der Waals surface area contributed by atoms with Crippen LogP contribution in [0.15, 0.2) is 30.3 Å². The molecule has 2 N–H and O–H groups in total. The van der Waals surface area contributed by atoms with Crippen molar-refractivity contribution in [1.82, 2.24) is 4.90 Å². The molecule has 1 aliphatic heterocycles. The number of benzene rings is 1. The minimum Gasteiger partial charge on any atom is -0.367 e. The van der Waals surface area contributed by atoms with Gasteiger partial charge in [0, 0.05) is 51.8 Å². The molecule has 1 heterocycles. The van der Waals surface area contributed by atoms with Gasteiger partial charge in [-0.2, -0.15) is 36.4 Å². The van der Waals surface area contributed by atoms with Gasteiger partial charge in [-0.3, -0.25) is 0 Å². The van der Waals surface area contributed by atoms with Crippen LogP contribution in [0, 0.1) is 13.0 Å². The molecule has 91 valence electrons. The molecule has 1 fully saturated rings. The van der Waals surface area contributed by atoms with Crippen molar-refractivity contribution in [3.8, 4) is 0 Å². The maximum atomic E-state index is 10.7. The summed E-state index contributed by atoms with van der Waals surface area (Å²) in [7, 11) is 0. The van der Waals surface area contributed by atoms with Crippen molar-refractivity contribution in [2.24, 2.45) is 5.73 Å². The predicted octanol–water partition coefficient (Wildman–Crippen LogP) is 1.25. The summed E-state index contributed by atoms with van der Waals surface area (Å²) in [6.07, 6.45) is 1.84. The van der Waals surface area contributed by atoms with E-state index >= 15 is 0 Å². The summed E-state index contributed by atoms with van der Waals surface area (Å²) >= 11 is 0. The maximum absolute atomic E-state index is 10.7. The number of likely N-dealkylation sites (tertiary alicyclic amines) is 1. The van der Waals surface area contributed by atoms with Crippen LogP contribution in [-0.4, -0.2) is 29.9 Å². The second-order valence-corrected chi connectivity index (χ2v) is 3.80. The van der Waals surface area contributed by atoms with Crippen LogP contribution in [0.2, 0.25) is 0 Å². The van der Waals surface area contributed by atoms with Crippen molar-refractivity contribution < 1.29 is 37.5 Å². The molecular weight excluding hydrogens is 289 g/mol. The molecule has 1 aliphatic rings. The summed E-state index contributed by atoms with van der Waals surface area (Å²) in [5, 5.41) is 0. The molecule has 0 atom stereocenters. The van der Waals surface area contributed by atoms with Crippen molar-refractivity contribution >= 4 is 5.91 Å². The fourth-order valence-electron chi connectivity index (χ4n) is 1.49. The zero-order chi connectivity index (χ0) is 11.8. The maximum Gasteiger partial charge on any atom is 0.0823 e. The first-order chi connectivity index (χ1) is 7.70. The molecule has 2 rings (SSSR count).